The van der Waals surface area contributed by atoms with E-state index in [1.54, 1.807) is 0 Å². The Kier molecular flexibility index (Phi) is 4.23. The molecule has 0 fully saturated rings. The number of nitrogens with zero attached hydrogens (tertiary/aromatic N) is 1. The van der Waals surface area contributed by atoms with Crippen LogP contribution in [0.15, 0.2) is 42.5 Å². The number of anilines is 1. The van der Waals surface area contributed by atoms with Gasteiger partial charge in [-0.1, -0.05) is 61.1 Å². The molecule has 0 spiro atoms. The number of hydrogen-bond acceptors (Lipinski definition) is 4. The van der Waals surface area contributed by atoms with Crippen LogP contribution in [0.25, 0.3) is 20.3 Å². The molecular formula is C19H15ClN2OS2. The van der Waals surface area contributed by atoms with Crippen LogP contribution < -0.4 is 5.32 Å². The van der Waals surface area contributed by atoms with Gasteiger partial charge < -0.3 is 0 Å². The van der Waals surface area contributed by atoms with Gasteiger partial charge >= 0.3 is 0 Å². The molecule has 2 heterocycles. The molecule has 126 valence electrons. The van der Waals surface area contributed by atoms with Crippen molar-refractivity contribution >= 4 is 65.6 Å². The van der Waals surface area contributed by atoms with E-state index in [0.29, 0.717) is 20.9 Å². The molecule has 4 aromatic rings. The molecule has 0 atom stereocenters. The highest BCUT2D eigenvalue weighted by Crippen LogP contribution is 2.36. The number of nitrogens with one attached hydrogen (secondary N) is 1. The van der Waals surface area contributed by atoms with Crippen LogP contribution >= 0.6 is 34.3 Å². The van der Waals surface area contributed by atoms with Crippen LogP contribution in [0.1, 0.15) is 35.0 Å². The molecule has 0 radical (unpaired) electrons. The summed E-state index contributed by atoms with van der Waals surface area (Å²) < 4.78 is 2.08. The second-order valence-electron chi connectivity index (χ2n) is 6.10. The van der Waals surface area contributed by atoms with Crippen LogP contribution in [0.4, 0.5) is 5.13 Å². The third-order valence-corrected chi connectivity index (χ3v) is 6.65. The molecule has 0 aliphatic carbocycles. The summed E-state index contributed by atoms with van der Waals surface area (Å²) in [6.07, 6.45) is 0. The molecule has 0 unspecified atom stereocenters. The quantitative estimate of drug-likeness (QED) is 0.434. The van der Waals surface area contributed by atoms with E-state index >= 15 is 0 Å². The van der Waals surface area contributed by atoms with Gasteiger partial charge in [0.15, 0.2) is 5.13 Å². The number of thiophene rings is 1. The minimum absolute atomic E-state index is 0.214. The lowest BCUT2D eigenvalue weighted by Crippen LogP contribution is -2.10. The van der Waals surface area contributed by atoms with Gasteiger partial charge in [0.2, 0.25) is 0 Å². The van der Waals surface area contributed by atoms with E-state index in [-0.39, 0.29) is 5.91 Å². The monoisotopic (exact) mass is 386 g/mol. The zero-order chi connectivity index (χ0) is 17.6. The third kappa shape index (κ3) is 3.03. The maximum absolute atomic E-state index is 12.6. The molecule has 1 amide bonds. The number of aromatic nitrogens is 1. The van der Waals surface area contributed by atoms with Crippen molar-refractivity contribution in [2.24, 2.45) is 0 Å². The Balaban J connectivity index is 1.65. The summed E-state index contributed by atoms with van der Waals surface area (Å²) in [5.41, 5.74) is 2.16. The number of carbonyl (C=O) groups excluding carboxylic acids is 1. The average Bonchev–Trinajstić information content (AvgIpc) is 3.15. The Morgan fingerprint density at radius 2 is 1.92 bits per heavy atom. The van der Waals surface area contributed by atoms with Crippen LogP contribution in [-0.4, -0.2) is 10.9 Å². The first-order valence-electron chi connectivity index (χ1n) is 7.92. The molecule has 0 saturated heterocycles. The van der Waals surface area contributed by atoms with Crippen LogP contribution in [0.3, 0.4) is 0 Å². The zero-order valence-electron chi connectivity index (χ0n) is 13.7. The van der Waals surface area contributed by atoms with Crippen molar-refractivity contribution in [3.05, 3.63) is 57.9 Å². The van der Waals surface area contributed by atoms with Crippen molar-refractivity contribution in [1.82, 2.24) is 4.98 Å². The van der Waals surface area contributed by atoms with E-state index in [4.69, 9.17) is 11.6 Å². The second kappa shape index (κ2) is 6.41. The molecule has 1 N–H and O–H groups in total. The minimum Gasteiger partial charge on any atom is -0.297 e. The fourth-order valence-corrected chi connectivity index (χ4v) is 4.99. The molecule has 6 heteroatoms. The second-order valence-corrected chi connectivity index (χ2v) is 8.56. The first-order chi connectivity index (χ1) is 12.0. The lowest BCUT2D eigenvalue weighted by Gasteiger charge is -2.03. The van der Waals surface area contributed by atoms with Gasteiger partial charge in [-0.15, -0.1) is 11.3 Å². The molecule has 0 aliphatic heterocycles. The van der Waals surface area contributed by atoms with Gasteiger partial charge in [-0.2, -0.15) is 0 Å². The molecule has 25 heavy (non-hydrogen) atoms. The van der Waals surface area contributed by atoms with Crippen molar-refractivity contribution < 1.29 is 4.79 Å². The summed E-state index contributed by atoms with van der Waals surface area (Å²) in [5.74, 6) is 0.247. The number of hydrogen-bond donors (Lipinski definition) is 1. The highest BCUT2D eigenvalue weighted by atomic mass is 35.5. The number of carbonyl (C=O) groups is 1. The minimum atomic E-state index is -0.214. The van der Waals surface area contributed by atoms with Crippen LogP contribution in [0, 0.1) is 0 Å². The fourth-order valence-electron chi connectivity index (χ4n) is 2.67. The molecule has 4 rings (SSSR count). The Morgan fingerprint density at radius 1 is 1.12 bits per heavy atom. The number of amides is 1. The third-order valence-electron chi connectivity index (χ3n) is 4.04. The Morgan fingerprint density at radius 3 is 2.68 bits per heavy atom. The molecule has 0 saturated carbocycles. The van der Waals surface area contributed by atoms with E-state index in [1.165, 1.54) is 28.2 Å². The number of rotatable bonds is 3. The first-order valence-corrected chi connectivity index (χ1v) is 9.93. The summed E-state index contributed by atoms with van der Waals surface area (Å²) in [7, 11) is 0. The van der Waals surface area contributed by atoms with Crippen molar-refractivity contribution in [2.45, 2.75) is 19.8 Å². The number of halogens is 1. The van der Waals surface area contributed by atoms with Crippen LogP contribution in [0.2, 0.25) is 5.02 Å². The van der Waals surface area contributed by atoms with E-state index in [1.807, 2.05) is 30.3 Å². The van der Waals surface area contributed by atoms with Gasteiger partial charge in [-0.05, 0) is 29.7 Å². The van der Waals surface area contributed by atoms with Gasteiger partial charge in [-0.25, -0.2) is 4.98 Å². The number of thiazole rings is 1. The molecule has 3 nitrogen and oxygen atoms in total. The standard InChI is InChI=1S/C19H15ClN2OS2/c1-10(2)11-7-8-13-15(9-11)25-19(21-13)22-18(23)17-16(20)12-5-3-4-6-14(12)24-17/h3-10H,1-2H3,(H,21,22,23). The smallest absolute Gasteiger partial charge is 0.269 e. The molecule has 0 bridgehead atoms. The SMILES string of the molecule is CC(C)c1ccc2nc(NC(=O)c3sc4ccccc4c3Cl)sc2c1. The maximum Gasteiger partial charge on any atom is 0.269 e. The normalized spacial score (nSPS) is 11.5. The topological polar surface area (TPSA) is 42.0 Å². The summed E-state index contributed by atoms with van der Waals surface area (Å²) in [6, 6.07) is 14.0. The molecule has 2 aromatic carbocycles. The van der Waals surface area contributed by atoms with Gasteiger partial charge in [0.1, 0.15) is 4.88 Å². The van der Waals surface area contributed by atoms with Crippen molar-refractivity contribution in [3.8, 4) is 0 Å². The molecule has 2 aromatic heterocycles. The highest BCUT2D eigenvalue weighted by molar-refractivity contribution is 7.23. The zero-order valence-corrected chi connectivity index (χ0v) is 16.1. The lowest BCUT2D eigenvalue weighted by molar-refractivity contribution is 0.103. The summed E-state index contributed by atoms with van der Waals surface area (Å²) in [6.45, 7) is 4.32. The van der Waals surface area contributed by atoms with Gasteiger partial charge in [0.25, 0.3) is 5.91 Å². The Bertz CT molecular complexity index is 1100. The van der Waals surface area contributed by atoms with Crippen LogP contribution in [0.5, 0.6) is 0 Å². The molecule has 0 aliphatic rings. The lowest BCUT2D eigenvalue weighted by atomic mass is 10.0. The maximum atomic E-state index is 12.6. The Hall–Kier alpha value is -1.95. The van der Waals surface area contributed by atoms with E-state index in [0.717, 1.165) is 20.3 Å². The largest absolute Gasteiger partial charge is 0.297 e. The van der Waals surface area contributed by atoms with Crippen molar-refractivity contribution in [3.63, 3.8) is 0 Å². The fraction of sp³-hybridized carbons (Fsp3) is 0.158. The Labute approximate surface area is 158 Å². The van der Waals surface area contributed by atoms with Crippen molar-refractivity contribution in [1.29, 1.82) is 0 Å². The highest BCUT2D eigenvalue weighted by Gasteiger charge is 2.18. The van der Waals surface area contributed by atoms with E-state index in [2.05, 4.69) is 36.3 Å². The molecular weight excluding hydrogens is 372 g/mol. The predicted molar refractivity (Wildman–Crippen MR) is 108 cm³/mol. The van der Waals surface area contributed by atoms with Crippen molar-refractivity contribution in [2.75, 3.05) is 5.32 Å². The predicted octanol–water partition coefficient (Wildman–Crippen LogP) is 6.54. The number of fused-ring (bicyclic) bond motifs is 2. The summed E-state index contributed by atoms with van der Waals surface area (Å²) in [4.78, 5) is 17.7. The number of benzene rings is 2. The average molecular weight is 387 g/mol. The van der Waals surface area contributed by atoms with Gasteiger partial charge in [0, 0.05) is 10.1 Å². The first kappa shape index (κ1) is 16.5. The van der Waals surface area contributed by atoms with Gasteiger partial charge in [-0.3, -0.25) is 10.1 Å². The summed E-state index contributed by atoms with van der Waals surface area (Å²) >= 11 is 9.27. The van der Waals surface area contributed by atoms with E-state index in [9.17, 15) is 4.79 Å². The summed E-state index contributed by atoms with van der Waals surface area (Å²) in [5, 5.41) is 4.89. The van der Waals surface area contributed by atoms with Gasteiger partial charge in [0.05, 0.1) is 15.2 Å². The van der Waals surface area contributed by atoms with E-state index < -0.39 is 0 Å². The van der Waals surface area contributed by atoms with Crippen LogP contribution in [-0.2, 0) is 0 Å².